The number of hydrogen-bond donors (Lipinski definition) is 0. The van der Waals surface area contributed by atoms with E-state index in [-0.39, 0.29) is 0 Å². The summed E-state index contributed by atoms with van der Waals surface area (Å²) in [6.07, 6.45) is 5.82. The highest BCUT2D eigenvalue weighted by Crippen LogP contribution is 2.23. The minimum absolute atomic E-state index is 0.496. The fraction of sp³-hybridized carbons (Fsp3) is 0.667. The standard InChI is InChI=1S/C18H28N4O2/c1-5-15-9-22(12-18-20-8-14(4)24-18)16(6-2)10-21(15)11-17-19-7-13(3)23-17/h7-8,15-16H,5-6,9-12H2,1-4H3/t15-,16+. The Bertz CT molecular complexity index is 595. The first-order valence-corrected chi connectivity index (χ1v) is 8.89. The van der Waals surface area contributed by atoms with Gasteiger partial charge in [0, 0.05) is 25.2 Å². The van der Waals surface area contributed by atoms with Crippen LogP contribution in [-0.4, -0.2) is 44.9 Å². The SMILES string of the molecule is CC[C@@H]1CN(Cc2ncc(C)o2)[C@@H](CC)CN1Cc1ncc(C)o1. The van der Waals surface area contributed by atoms with Gasteiger partial charge in [0.15, 0.2) is 0 Å². The van der Waals surface area contributed by atoms with Crippen LogP contribution in [0.15, 0.2) is 21.2 Å². The van der Waals surface area contributed by atoms with E-state index in [1.165, 1.54) is 0 Å². The third kappa shape index (κ3) is 3.87. The lowest BCUT2D eigenvalue weighted by Crippen LogP contribution is -2.57. The van der Waals surface area contributed by atoms with Crippen LogP contribution in [0.4, 0.5) is 0 Å². The normalized spacial score (nSPS) is 23.0. The van der Waals surface area contributed by atoms with Crippen molar-refractivity contribution in [3.8, 4) is 0 Å². The van der Waals surface area contributed by atoms with Gasteiger partial charge in [0.2, 0.25) is 11.8 Å². The van der Waals surface area contributed by atoms with Crippen molar-refractivity contribution in [3.63, 3.8) is 0 Å². The minimum Gasteiger partial charge on any atom is -0.445 e. The van der Waals surface area contributed by atoms with Crippen LogP contribution >= 0.6 is 0 Å². The summed E-state index contributed by atoms with van der Waals surface area (Å²) in [5.41, 5.74) is 0. The van der Waals surface area contributed by atoms with Crippen LogP contribution in [0.25, 0.3) is 0 Å². The van der Waals surface area contributed by atoms with E-state index >= 15 is 0 Å². The molecule has 132 valence electrons. The number of rotatable bonds is 6. The van der Waals surface area contributed by atoms with Gasteiger partial charge in [-0.25, -0.2) is 9.97 Å². The van der Waals surface area contributed by atoms with Gasteiger partial charge in [-0.15, -0.1) is 0 Å². The van der Waals surface area contributed by atoms with Crippen molar-refractivity contribution in [2.45, 2.75) is 65.7 Å². The molecule has 2 atom stereocenters. The summed E-state index contributed by atoms with van der Waals surface area (Å²) in [5.74, 6) is 3.39. The van der Waals surface area contributed by atoms with E-state index in [4.69, 9.17) is 8.83 Å². The molecule has 1 aliphatic rings. The maximum absolute atomic E-state index is 5.68. The molecule has 0 unspecified atom stereocenters. The zero-order chi connectivity index (χ0) is 17.1. The molecule has 2 aromatic heterocycles. The predicted octanol–water partition coefficient (Wildman–Crippen LogP) is 3.15. The van der Waals surface area contributed by atoms with Crippen molar-refractivity contribution in [3.05, 3.63) is 35.7 Å². The van der Waals surface area contributed by atoms with Crippen LogP contribution in [0.2, 0.25) is 0 Å². The van der Waals surface area contributed by atoms with Crippen LogP contribution in [0.1, 0.15) is 50.0 Å². The van der Waals surface area contributed by atoms with E-state index in [9.17, 15) is 0 Å². The van der Waals surface area contributed by atoms with Gasteiger partial charge in [-0.1, -0.05) is 13.8 Å². The van der Waals surface area contributed by atoms with Crippen molar-refractivity contribution >= 4 is 0 Å². The topological polar surface area (TPSA) is 58.5 Å². The number of aromatic nitrogens is 2. The maximum Gasteiger partial charge on any atom is 0.208 e. The smallest absolute Gasteiger partial charge is 0.208 e. The summed E-state index contributed by atoms with van der Waals surface area (Å²) < 4.78 is 11.4. The maximum atomic E-state index is 5.68. The highest BCUT2D eigenvalue weighted by atomic mass is 16.4. The van der Waals surface area contributed by atoms with Gasteiger partial charge in [0.25, 0.3) is 0 Å². The number of oxazole rings is 2. The number of piperazine rings is 1. The van der Waals surface area contributed by atoms with Gasteiger partial charge in [-0.3, -0.25) is 9.80 Å². The molecule has 0 saturated carbocycles. The van der Waals surface area contributed by atoms with E-state index in [2.05, 4.69) is 33.6 Å². The van der Waals surface area contributed by atoms with Gasteiger partial charge >= 0.3 is 0 Å². The van der Waals surface area contributed by atoms with Crippen LogP contribution in [0.5, 0.6) is 0 Å². The Labute approximate surface area is 143 Å². The number of hydrogen-bond acceptors (Lipinski definition) is 6. The quantitative estimate of drug-likeness (QED) is 0.810. The molecule has 0 radical (unpaired) electrons. The molecule has 2 aromatic rings. The fourth-order valence-corrected chi connectivity index (χ4v) is 3.53. The molecule has 0 N–H and O–H groups in total. The van der Waals surface area contributed by atoms with Crippen LogP contribution in [-0.2, 0) is 13.1 Å². The molecular formula is C18H28N4O2. The molecule has 24 heavy (non-hydrogen) atoms. The van der Waals surface area contributed by atoms with Gasteiger partial charge in [-0.2, -0.15) is 0 Å². The average molecular weight is 332 g/mol. The number of aryl methyl sites for hydroxylation is 2. The highest BCUT2D eigenvalue weighted by molar-refractivity contribution is 4.96. The predicted molar refractivity (Wildman–Crippen MR) is 91.5 cm³/mol. The monoisotopic (exact) mass is 332 g/mol. The second kappa shape index (κ2) is 7.49. The molecule has 3 heterocycles. The molecule has 0 spiro atoms. The Morgan fingerprint density at radius 2 is 1.29 bits per heavy atom. The summed E-state index contributed by atoms with van der Waals surface area (Å²) in [6, 6.07) is 0.993. The molecule has 6 heteroatoms. The summed E-state index contributed by atoms with van der Waals surface area (Å²) in [5, 5.41) is 0. The third-order valence-corrected chi connectivity index (χ3v) is 4.88. The first kappa shape index (κ1) is 17.2. The van der Waals surface area contributed by atoms with Gasteiger partial charge < -0.3 is 8.83 Å². The van der Waals surface area contributed by atoms with Crippen molar-refractivity contribution in [2.75, 3.05) is 13.1 Å². The zero-order valence-corrected chi connectivity index (χ0v) is 15.2. The average Bonchev–Trinajstić information content (AvgIpc) is 3.16. The first-order valence-electron chi connectivity index (χ1n) is 8.89. The lowest BCUT2D eigenvalue weighted by Gasteiger charge is -2.45. The molecule has 1 saturated heterocycles. The Balaban J connectivity index is 1.69. The van der Waals surface area contributed by atoms with E-state index in [1.807, 2.05) is 13.8 Å². The molecule has 0 aromatic carbocycles. The largest absolute Gasteiger partial charge is 0.445 e. The van der Waals surface area contributed by atoms with E-state index in [1.54, 1.807) is 12.4 Å². The Morgan fingerprint density at radius 1 is 0.875 bits per heavy atom. The van der Waals surface area contributed by atoms with E-state index < -0.39 is 0 Å². The molecule has 3 rings (SSSR count). The summed E-state index contributed by atoms with van der Waals surface area (Å²) in [4.78, 5) is 13.8. The first-order chi connectivity index (χ1) is 11.6. The van der Waals surface area contributed by atoms with Crippen molar-refractivity contribution in [1.29, 1.82) is 0 Å². The van der Waals surface area contributed by atoms with Crippen LogP contribution in [0, 0.1) is 13.8 Å². The fourth-order valence-electron chi connectivity index (χ4n) is 3.53. The Hall–Kier alpha value is -1.66. The summed E-state index contributed by atoms with van der Waals surface area (Å²) in [6.45, 7) is 12.0. The number of nitrogens with zero attached hydrogens (tertiary/aromatic N) is 4. The second-order valence-corrected chi connectivity index (χ2v) is 6.71. The molecule has 1 fully saturated rings. The molecule has 0 bridgehead atoms. The van der Waals surface area contributed by atoms with Gasteiger partial charge in [-0.05, 0) is 26.7 Å². The summed E-state index contributed by atoms with van der Waals surface area (Å²) in [7, 11) is 0. The highest BCUT2D eigenvalue weighted by Gasteiger charge is 2.33. The summed E-state index contributed by atoms with van der Waals surface area (Å²) >= 11 is 0. The van der Waals surface area contributed by atoms with Crippen molar-refractivity contribution in [2.24, 2.45) is 0 Å². The second-order valence-electron chi connectivity index (χ2n) is 6.71. The molecule has 0 aliphatic carbocycles. The van der Waals surface area contributed by atoms with Gasteiger partial charge in [0.05, 0.1) is 25.5 Å². The van der Waals surface area contributed by atoms with E-state index in [0.29, 0.717) is 12.1 Å². The van der Waals surface area contributed by atoms with Crippen molar-refractivity contribution in [1.82, 2.24) is 19.8 Å². The molecular weight excluding hydrogens is 304 g/mol. The Morgan fingerprint density at radius 3 is 1.58 bits per heavy atom. The molecule has 0 amide bonds. The van der Waals surface area contributed by atoms with Crippen molar-refractivity contribution < 1.29 is 8.83 Å². The Kier molecular flexibility index (Phi) is 5.36. The van der Waals surface area contributed by atoms with Crippen LogP contribution < -0.4 is 0 Å². The lowest BCUT2D eigenvalue weighted by atomic mass is 10.0. The third-order valence-electron chi connectivity index (χ3n) is 4.88. The van der Waals surface area contributed by atoms with E-state index in [0.717, 1.165) is 62.3 Å². The molecule has 6 nitrogen and oxygen atoms in total. The lowest BCUT2D eigenvalue weighted by molar-refractivity contribution is 0.00647. The minimum atomic E-state index is 0.496. The van der Waals surface area contributed by atoms with Crippen LogP contribution in [0.3, 0.4) is 0 Å². The zero-order valence-electron chi connectivity index (χ0n) is 15.2. The van der Waals surface area contributed by atoms with Gasteiger partial charge in [0.1, 0.15) is 11.5 Å². The molecule has 1 aliphatic heterocycles.